The third-order valence-electron chi connectivity index (χ3n) is 8.52. The van der Waals surface area contributed by atoms with E-state index in [9.17, 15) is 32.8 Å². The minimum Gasteiger partial charge on any atom is -0.450 e. The Balaban J connectivity index is 0.000000214. The van der Waals surface area contributed by atoms with Crippen molar-refractivity contribution in [3.63, 3.8) is 0 Å². The molecule has 292 valence electrons. The lowest BCUT2D eigenvalue weighted by atomic mass is 9.89. The molecule has 2 aliphatic heterocycles. The van der Waals surface area contributed by atoms with E-state index in [2.05, 4.69) is 58.0 Å². The molecule has 2 aliphatic rings. The predicted molar refractivity (Wildman–Crippen MR) is 199 cm³/mol. The average molecular weight is 895 g/mol. The van der Waals surface area contributed by atoms with E-state index in [1.165, 1.54) is 52.1 Å². The van der Waals surface area contributed by atoms with Crippen LogP contribution in [0.3, 0.4) is 0 Å². The van der Waals surface area contributed by atoms with Crippen LogP contribution in [0.5, 0.6) is 0 Å². The molecule has 3 N–H and O–H groups in total. The number of rotatable bonds is 7. The summed E-state index contributed by atoms with van der Waals surface area (Å²) < 4.78 is 48.1. The molecule has 4 aromatic rings. The van der Waals surface area contributed by atoms with E-state index in [1.54, 1.807) is 34.6 Å². The van der Waals surface area contributed by atoms with Gasteiger partial charge in [-0.15, -0.1) is 0 Å². The van der Waals surface area contributed by atoms with Crippen molar-refractivity contribution in [2.24, 2.45) is 0 Å². The summed E-state index contributed by atoms with van der Waals surface area (Å²) in [5.74, 6) is -1.91. The number of nitrogens with zero attached hydrogens (tertiary/aromatic N) is 5. The fourth-order valence-corrected chi connectivity index (χ4v) is 7.02. The number of aromatic nitrogens is 4. The smallest absolute Gasteiger partial charge is 0.423 e. The first-order chi connectivity index (χ1) is 26.0. The molecule has 0 saturated heterocycles. The van der Waals surface area contributed by atoms with Crippen molar-refractivity contribution < 1.29 is 47.0 Å². The molecular weight excluding hydrogens is 858 g/mol. The van der Waals surface area contributed by atoms with E-state index < -0.39 is 46.9 Å². The maximum atomic E-state index is 14.8. The first-order valence-corrected chi connectivity index (χ1v) is 18.4. The molecule has 55 heavy (non-hydrogen) atoms. The highest BCUT2D eigenvalue weighted by atomic mass is 79.9. The number of benzene rings is 2. The van der Waals surface area contributed by atoms with E-state index in [1.807, 2.05) is 0 Å². The fraction of sp³-hybridized carbons (Fsp3) is 0.343. The van der Waals surface area contributed by atoms with Crippen LogP contribution in [0, 0.1) is 11.6 Å². The Hall–Kier alpha value is -5.37. The molecule has 0 fully saturated rings. The van der Waals surface area contributed by atoms with Gasteiger partial charge in [-0.2, -0.15) is 15.1 Å². The van der Waals surface area contributed by atoms with Crippen LogP contribution in [0.25, 0.3) is 0 Å². The van der Waals surface area contributed by atoms with E-state index in [-0.39, 0.29) is 55.6 Å². The van der Waals surface area contributed by atoms with Gasteiger partial charge in [0.25, 0.3) is 11.8 Å². The summed E-state index contributed by atoms with van der Waals surface area (Å²) in [7, 11) is 0. The number of imide groups is 1. The Bertz CT molecular complexity index is 2150. The Morgan fingerprint density at radius 1 is 0.782 bits per heavy atom. The van der Waals surface area contributed by atoms with Crippen molar-refractivity contribution in [3.05, 3.63) is 91.9 Å². The summed E-state index contributed by atoms with van der Waals surface area (Å²) in [5, 5.41) is 16.4. The van der Waals surface area contributed by atoms with Crippen molar-refractivity contribution >= 4 is 73.3 Å². The van der Waals surface area contributed by atoms with Crippen LogP contribution in [0.15, 0.2) is 57.7 Å². The highest BCUT2D eigenvalue weighted by Crippen LogP contribution is 2.35. The molecule has 0 saturated carbocycles. The Morgan fingerprint density at radius 2 is 1.24 bits per heavy atom. The molecule has 6 rings (SSSR count). The second-order valence-electron chi connectivity index (χ2n) is 12.5. The van der Waals surface area contributed by atoms with Crippen LogP contribution in [-0.4, -0.2) is 69.5 Å². The topological polar surface area (TPSA) is 188 Å². The van der Waals surface area contributed by atoms with Crippen molar-refractivity contribution in [1.82, 2.24) is 30.2 Å². The number of anilines is 2. The SMILES string of the molecule is CCOC(=O)N(C(=O)OCC)c1ccc(F)c(C2(C)Cn3ncc(Br)c3C(=O)N2)c1.CCOC(=O)Nc1ccc(F)c(C2(C)Cn3ncc(Br)c3C(=O)N2)c1. The molecular formula is C35H36Br2F2N8O8. The molecule has 2 unspecified atom stereocenters. The summed E-state index contributed by atoms with van der Waals surface area (Å²) in [6.07, 6.45) is 0.470. The maximum absolute atomic E-state index is 14.8. The van der Waals surface area contributed by atoms with E-state index in [0.29, 0.717) is 30.9 Å². The summed E-state index contributed by atoms with van der Waals surface area (Å²) in [6, 6.07) is 7.84. The monoisotopic (exact) mass is 892 g/mol. The van der Waals surface area contributed by atoms with Crippen LogP contribution in [-0.2, 0) is 38.4 Å². The van der Waals surface area contributed by atoms with Gasteiger partial charge in [0.05, 0.1) is 71.0 Å². The zero-order chi connectivity index (χ0) is 40.2. The minimum atomic E-state index is -1.19. The number of amides is 5. The van der Waals surface area contributed by atoms with Gasteiger partial charge in [0.15, 0.2) is 0 Å². The second kappa shape index (κ2) is 16.6. The number of nitrogens with one attached hydrogen (secondary N) is 3. The van der Waals surface area contributed by atoms with E-state index >= 15 is 0 Å². The second-order valence-corrected chi connectivity index (χ2v) is 14.2. The first kappa shape index (κ1) is 40.8. The normalized spacial score (nSPS) is 18.3. The molecule has 2 aromatic carbocycles. The van der Waals surface area contributed by atoms with Gasteiger partial charge < -0.3 is 24.8 Å². The lowest BCUT2D eigenvalue weighted by molar-refractivity contribution is 0.0826. The number of halogens is 4. The minimum absolute atomic E-state index is 0.0352. The largest absolute Gasteiger partial charge is 0.450 e. The summed E-state index contributed by atoms with van der Waals surface area (Å²) in [4.78, 5) is 61.9. The third kappa shape index (κ3) is 8.49. The van der Waals surface area contributed by atoms with Gasteiger partial charge >= 0.3 is 18.3 Å². The third-order valence-corrected chi connectivity index (χ3v) is 9.68. The molecule has 0 radical (unpaired) electrons. The highest BCUT2D eigenvalue weighted by Gasteiger charge is 2.41. The van der Waals surface area contributed by atoms with Gasteiger partial charge in [-0.1, -0.05) is 0 Å². The summed E-state index contributed by atoms with van der Waals surface area (Å²) >= 11 is 6.54. The number of carbonyl (C=O) groups is 5. The van der Waals surface area contributed by atoms with E-state index in [0.717, 1.165) is 6.07 Å². The van der Waals surface area contributed by atoms with Crippen LogP contribution < -0.4 is 20.9 Å². The van der Waals surface area contributed by atoms with Crippen LogP contribution in [0.4, 0.5) is 34.5 Å². The Kier molecular flexibility index (Phi) is 12.3. The van der Waals surface area contributed by atoms with Crippen LogP contribution >= 0.6 is 31.9 Å². The van der Waals surface area contributed by atoms with Crippen molar-refractivity contribution in [3.8, 4) is 0 Å². The summed E-state index contributed by atoms with van der Waals surface area (Å²) in [5.41, 5.74) is -0.764. The maximum Gasteiger partial charge on any atom is 0.423 e. The molecule has 2 aromatic heterocycles. The number of hydrogen-bond donors (Lipinski definition) is 3. The lowest BCUT2D eigenvalue weighted by Gasteiger charge is -2.36. The molecule has 20 heteroatoms. The number of carbonyl (C=O) groups excluding carboxylic acids is 5. The van der Waals surface area contributed by atoms with Crippen LogP contribution in [0.2, 0.25) is 0 Å². The Morgan fingerprint density at radius 3 is 1.71 bits per heavy atom. The van der Waals surface area contributed by atoms with E-state index in [4.69, 9.17) is 14.2 Å². The van der Waals surface area contributed by atoms with Crippen LogP contribution in [0.1, 0.15) is 66.7 Å². The Labute approximate surface area is 330 Å². The number of ether oxygens (including phenoxy) is 3. The van der Waals surface area contributed by atoms with Crippen molar-refractivity contribution in [2.75, 3.05) is 30.0 Å². The standard InChI is InChI=1S/C19H20BrFN4O5.C16H16BrFN4O3/c1-4-29-17(27)25(18(28)30-5-2)11-6-7-14(21)12(8-11)19(3)10-24-15(16(26)23-19)13(20)9-22-24;1-3-25-15(24)20-9-4-5-12(18)10(6-9)16(2)8-22-13(14(23)21-16)11(17)7-19-22/h6-9H,4-5,10H2,1-3H3,(H,23,26);4-7H,3,8H2,1-2H3,(H,20,24)(H,21,23). The molecule has 0 bridgehead atoms. The molecule has 5 amide bonds. The molecule has 4 heterocycles. The van der Waals surface area contributed by atoms with Gasteiger partial charge in [-0.3, -0.25) is 24.3 Å². The zero-order valence-corrected chi connectivity index (χ0v) is 33.3. The highest BCUT2D eigenvalue weighted by molar-refractivity contribution is 9.10. The summed E-state index contributed by atoms with van der Waals surface area (Å²) in [6.45, 7) is 8.89. The van der Waals surface area contributed by atoms with Gasteiger partial charge in [0, 0.05) is 16.8 Å². The zero-order valence-electron chi connectivity index (χ0n) is 30.2. The fourth-order valence-electron chi connectivity index (χ4n) is 6.07. The number of fused-ring (bicyclic) bond motifs is 2. The van der Waals surface area contributed by atoms with Gasteiger partial charge in [-0.25, -0.2) is 23.2 Å². The molecule has 0 spiro atoms. The molecule has 16 nitrogen and oxygen atoms in total. The van der Waals surface area contributed by atoms with Gasteiger partial charge in [0.1, 0.15) is 23.0 Å². The van der Waals surface area contributed by atoms with Crippen molar-refractivity contribution in [2.45, 2.75) is 58.8 Å². The number of hydrogen-bond acceptors (Lipinski definition) is 10. The molecule has 0 aliphatic carbocycles. The van der Waals surface area contributed by atoms with Gasteiger partial charge in [-0.05, 0) is 103 Å². The lowest BCUT2D eigenvalue weighted by Crippen LogP contribution is -2.52. The quantitative estimate of drug-likeness (QED) is 0.171. The average Bonchev–Trinajstić information content (AvgIpc) is 3.68. The van der Waals surface area contributed by atoms with Crippen molar-refractivity contribution in [1.29, 1.82) is 0 Å². The van der Waals surface area contributed by atoms with Gasteiger partial charge in [0.2, 0.25) is 0 Å². The molecule has 2 atom stereocenters. The first-order valence-electron chi connectivity index (χ1n) is 16.8. The predicted octanol–water partition coefficient (Wildman–Crippen LogP) is 6.57.